The zero-order chi connectivity index (χ0) is 42.1. The number of benzene rings is 10. The minimum atomic E-state index is 0.924. The van der Waals surface area contributed by atoms with Gasteiger partial charge in [0.05, 0.1) is 0 Å². The number of hydrogen-bond acceptors (Lipinski definition) is 3. The summed E-state index contributed by atoms with van der Waals surface area (Å²) >= 11 is 5.46. The minimum Gasteiger partial charge on any atom is -0.151 e. The number of rotatable bonds is 6. The maximum Gasteiger partial charge on any atom is 0.0164 e. The number of allylic oxidation sites excluding steroid dienone is 2. The molecule has 0 saturated heterocycles. The van der Waals surface area contributed by atoms with Gasteiger partial charge in [-0.25, -0.2) is 0 Å². The van der Waals surface area contributed by atoms with Gasteiger partial charge in [-0.15, -0.1) is 11.8 Å². The van der Waals surface area contributed by atoms with Gasteiger partial charge in [-0.2, -0.15) is 22.7 Å². The normalized spacial score (nSPS) is 13.1. The lowest BCUT2D eigenvalue weighted by molar-refractivity contribution is 1.56. The Balaban J connectivity index is 1.02. The average molecular weight is 867 g/mol. The molecular weight excluding hydrogens is 829 g/mol. The van der Waals surface area contributed by atoms with Crippen molar-refractivity contribution in [3.05, 3.63) is 226 Å². The van der Waals surface area contributed by atoms with E-state index in [1.807, 2.05) is 11.8 Å². The van der Waals surface area contributed by atoms with Crippen LogP contribution in [0.3, 0.4) is 0 Å². The predicted molar refractivity (Wildman–Crippen MR) is 284 cm³/mol. The third-order valence-electron chi connectivity index (χ3n) is 13.2. The molecule has 1 aliphatic rings. The van der Waals surface area contributed by atoms with Crippen molar-refractivity contribution < 1.29 is 0 Å². The topological polar surface area (TPSA) is 0 Å². The molecule has 0 unspecified atom stereocenters. The first-order chi connectivity index (χ1) is 31.7. The number of thiophene rings is 2. The van der Waals surface area contributed by atoms with Crippen LogP contribution in [0.4, 0.5) is 0 Å². The number of hydrogen-bond donors (Lipinski definition) is 0. The molecule has 12 aromatic rings. The lowest BCUT2D eigenvalue weighted by Crippen LogP contribution is -1.98. The Morgan fingerprint density at radius 3 is 1.12 bits per heavy atom. The first-order valence-corrected chi connectivity index (χ1v) is 24.7. The highest BCUT2D eigenvalue weighted by Gasteiger charge is 2.22. The van der Waals surface area contributed by atoms with Gasteiger partial charge in [-0.1, -0.05) is 133 Å². The molecule has 0 amide bonds. The van der Waals surface area contributed by atoms with Crippen molar-refractivity contribution in [1.29, 1.82) is 0 Å². The molecule has 300 valence electrons. The van der Waals surface area contributed by atoms with Gasteiger partial charge < -0.3 is 0 Å². The summed E-state index contributed by atoms with van der Waals surface area (Å²) in [7, 11) is 0. The molecule has 0 nitrogen and oxygen atoms in total. The van der Waals surface area contributed by atoms with Crippen LogP contribution in [0.2, 0.25) is 0 Å². The fourth-order valence-corrected chi connectivity index (χ4v) is 12.6. The Bertz CT molecular complexity index is 3740. The monoisotopic (exact) mass is 866 g/mol. The van der Waals surface area contributed by atoms with E-state index >= 15 is 0 Å². The molecule has 0 atom stereocenters. The lowest BCUT2D eigenvalue weighted by Gasteiger charge is -2.21. The fourth-order valence-electron chi connectivity index (χ4n) is 10.1. The van der Waals surface area contributed by atoms with E-state index in [4.69, 9.17) is 0 Å². The van der Waals surface area contributed by atoms with Gasteiger partial charge in [0.25, 0.3) is 0 Å². The summed E-state index contributed by atoms with van der Waals surface area (Å²) in [6, 6.07) is 68.0. The first kappa shape index (κ1) is 37.5. The molecule has 0 saturated carbocycles. The number of fused-ring (bicyclic) bond motifs is 6. The van der Waals surface area contributed by atoms with Crippen LogP contribution in [-0.2, 0) is 0 Å². The Morgan fingerprint density at radius 2 is 0.656 bits per heavy atom. The molecular formula is C61H38S3. The maximum atomic E-state index is 2.46. The highest BCUT2D eigenvalue weighted by atomic mass is 32.2. The molecule has 0 bridgehead atoms. The summed E-state index contributed by atoms with van der Waals surface area (Å²) in [5, 5.41) is 27.0. The van der Waals surface area contributed by atoms with Gasteiger partial charge in [0.15, 0.2) is 0 Å². The van der Waals surface area contributed by atoms with E-state index in [-0.39, 0.29) is 0 Å². The summed E-state index contributed by atoms with van der Waals surface area (Å²) in [4.78, 5) is 0. The highest BCUT2D eigenvalue weighted by Crippen LogP contribution is 2.47. The number of thioether (sulfide) groups is 1. The van der Waals surface area contributed by atoms with Crippen molar-refractivity contribution in [2.24, 2.45) is 0 Å². The van der Waals surface area contributed by atoms with E-state index in [0.717, 1.165) is 5.75 Å². The van der Waals surface area contributed by atoms with E-state index in [9.17, 15) is 0 Å². The van der Waals surface area contributed by atoms with Crippen LogP contribution >= 0.6 is 34.4 Å². The zero-order valence-electron chi connectivity index (χ0n) is 34.7. The predicted octanol–water partition coefficient (Wildman–Crippen LogP) is 18.6. The van der Waals surface area contributed by atoms with Crippen LogP contribution in [-0.4, -0.2) is 5.75 Å². The third-order valence-corrected chi connectivity index (χ3v) is 15.4. The van der Waals surface area contributed by atoms with Crippen LogP contribution in [0.1, 0.15) is 11.1 Å². The van der Waals surface area contributed by atoms with Crippen molar-refractivity contribution in [2.75, 3.05) is 5.75 Å². The Hall–Kier alpha value is -7.01. The Morgan fingerprint density at radius 1 is 0.281 bits per heavy atom. The van der Waals surface area contributed by atoms with Gasteiger partial charge in [0.2, 0.25) is 0 Å². The molecule has 0 N–H and O–H groups in total. The summed E-state index contributed by atoms with van der Waals surface area (Å²) in [5.74, 6) is 0.924. The fraction of sp³-hybridized carbons (Fsp3) is 0.0164. The summed E-state index contributed by atoms with van der Waals surface area (Å²) in [6.45, 7) is 0. The molecule has 0 spiro atoms. The van der Waals surface area contributed by atoms with Gasteiger partial charge in [-0.3, -0.25) is 0 Å². The minimum absolute atomic E-state index is 0.924. The van der Waals surface area contributed by atoms with Crippen LogP contribution in [0.15, 0.2) is 215 Å². The second-order valence-corrected chi connectivity index (χ2v) is 19.2. The van der Waals surface area contributed by atoms with E-state index in [2.05, 4.69) is 215 Å². The Labute approximate surface area is 384 Å². The summed E-state index contributed by atoms with van der Waals surface area (Å²) < 4.78 is 0. The van der Waals surface area contributed by atoms with Crippen LogP contribution in [0.25, 0.3) is 120 Å². The summed E-state index contributed by atoms with van der Waals surface area (Å²) in [6.07, 6.45) is 2.46. The second kappa shape index (κ2) is 15.4. The first-order valence-electron chi connectivity index (χ1n) is 21.8. The smallest absolute Gasteiger partial charge is 0.0164 e. The molecule has 3 heterocycles. The zero-order valence-corrected chi connectivity index (χ0v) is 37.2. The van der Waals surface area contributed by atoms with Crippen molar-refractivity contribution in [2.45, 2.75) is 0 Å². The van der Waals surface area contributed by atoms with Crippen LogP contribution < -0.4 is 0 Å². The largest absolute Gasteiger partial charge is 0.151 e. The van der Waals surface area contributed by atoms with E-state index in [1.165, 1.54) is 131 Å². The summed E-state index contributed by atoms with van der Waals surface area (Å²) in [5.41, 5.74) is 15.1. The maximum absolute atomic E-state index is 2.46. The molecule has 0 radical (unpaired) electrons. The third kappa shape index (κ3) is 6.34. The second-order valence-electron chi connectivity index (χ2n) is 16.9. The molecule has 13 rings (SSSR count). The average Bonchev–Trinajstić information content (AvgIpc) is 4.05. The van der Waals surface area contributed by atoms with E-state index in [1.54, 1.807) is 22.7 Å². The van der Waals surface area contributed by atoms with Crippen molar-refractivity contribution >= 4 is 110 Å². The van der Waals surface area contributed by atoms with E-state index < -0.39 is 0 Å². The van der Waals surface area contributed by atoms with Gasteiger partial charge >= 0.3 is 0 Å². The highest BCUT2D eigenvalue weighted by molar-refractivity contribution is 8.02. The van der Waals surface area contributed by atoms with Gasteiger partial charge in [-0.05, 0) is 191 Å². The van der Waals surface area contributed by atoms with E-state index in [0.29, 0.717) is 0 Å². The molecule has 1 aliphatic heterocycles. The van der Waals surface area contributed by atoms with Crippen molar-refractivity contribution in [3.8, 4) is 44.5 Å². The van der Waals surface area contributed by atoms with Crippen LogP contribution in [0, 0.1) is 0 Å². The van der Waals surface area contributed by atoms with Gasteiger partial charge in [0.1, 0.15) is 0 Å². The molecule has 0 aliphatic carbocycles. The van der Waals surface area contributed by atoms with Crippen molar-refractivity contribution in [3.63, 3.8) is 0 Å². The van der Waals surface area contributed by atoms with Crippen molar-refractivity contribution in [1.82, 2.24) is 0 Å². The van der Waals surface area contributed by atoms with Gasteiger partial charge in [0, 0.05) is 28.0 Å². The quantitative estimate of drug-likeness (QED) is 0.150. The Kier molecular flexibility index (Phi) is 9.01. The molecule has 2 aromatic heterocycles. The SMILES string of the molecule is C1=C(c2cc(-c3cscc3-c3cccc4cc5ccccc5cc34)cc(-c3cscc3-c3cccc4cc5ccccc5cc34)c2)C(c2cccc3cc4ccccc4cc23)=CSC1. The van der Waals surface area contributed by atoms with Crippen LogP contribution in [0.5, 0.6) is 0 Å². The lowest BCUT2D eigenvalue weighted by atomic mass is 9.85. The standard InChI is InChI=1S/C61H38S3/c1-4-13-41-30-54-44(24-38(41)10-1)16-7-19-51(54)59-35-62-23-22-50(59)47-27-48(57-33-63-36-60(57)52-20-8-17-45-25-39-11-2-5-14-42(39)31-55(45)52)29-49(28-47)58-34-64-37-61(58)53-21-9-18-46-26-40-12-3-6-15-43(40)32-56(46)53/h1-22,24-37H,23H2. The molecule has 10 aromatic carbocycles. The molecule has 64 heavy (non-hydrogen) atoms. The molecule has 3 heteroatoms. The molecule has 0 fully saturated rings.